The molecule has 0 fully saturated rings. The average Bonchev–Trinajstić information content (AvgIpc) is 1.56. The monoisotopic (exact) mass is 1410 g/mol. The molecule has 0 saturated heterocycles. The Labute approximate surface area is 588 Å². The van der Waals surface area contributed by atoms with Gasteiger partial charge in [-0.1, -0.05) is 344 Å². The van der Waals surface area contributed by atoms with Crippen LogP contribution >= 0.6 is 15.6 Å². The standard InChI is InChI=1S/C77H150O17P2/c1-8-11-12-13-14-27-37-44-51-58-74(79)87-64-73(94-77(82)61-54-47-40-33-32-36-43-50-57-70(7)10-3)67-92-96(85,86)90-63-71(78)62-89-95(83,84)91-66-72(65-88-75(80)59-52-45-38-30-26-25-29-35-42-49-56-69(6)9-2)93-76(81)60-53-46-39-31-24-22-20-18-16-15-17-19-21-23-28-34-41-48-55-68(4)5/h68-73,78H,8-67H2,1-7H3,(H,83,84)(H,85,86)/t69?,70?,71-,72-,73-/m1/s1. The van der Waals surface area contributed by atoms with E-state index in [1.165, 1.54) is 205 Å². The smallest absolute Gasteiger partial charge is 0.462 e. The van der Waals surface area contributed by atoms with Crippen LogP contribution in [0.3, 0.4) is 0 Å². The fourth-order valence-corrected chi connectivity index (χ4v) is 13.3. The van der Waals surface area contributed by atoms with Crippen LogP contribution in [0.4, 0.5) is 0 Å². The van der Waals surface area contributed by atoms with Gasteiger partial charge in [0.05, 0.1) is 26.4 Å². The van der Waals surface area contributed by atoms with Gasteiger partial charge in [-0.05, 0) is 43.4 Å². The summed E-state index contributed by atoms with van der Waals surface area (Å²) in [5.74, 6) is 0.280. The molecule has 0 aliphatic carbocycles. The number of carbonyl (C=O) groups is 4. The van der Waals surface area contributed by atoms with Crippen molar-refractivity contribution in [1.29, 1.82) is 0 Å². The molecule has 0 aromatic heterocycles. The van der Waals surface area contributed by atoms with Gasteiger partial charge in [0.25, 0.3) is 0 Å². The van der Waals surface area contributed by atoms with Crippen molar-refractivity contribution in [3.63, 3.8) is 0 Å². The summed E-state index contributed by atoms with van der Waals surface area (Å²) in [7, 11) is -9.91. The summed E-state index contributed by atoms with van der Waals surface area (Å²) in [4.78, 5) is 72.8. The highest BCUT2D eigenvalue weighted by atomic mass is 31.2. The van der Waals surface area contributed by atoms with Crippen molar-refractivity contribution >= 4 is 39.5 Å². The van der Waals surface area contributed by atoms with Crippen LogP contribution in [0.2, 0.25) is 0 Å². The molecule has 96 heavy (non-hydrogen) atoms. The summed E-state index contributed by atoms with van der Waals surface area (Å²) < 4.78 is 68.5. The number of rotatable bonds is 75. The van der Waals surface area contributed by atoms with Crippen LogP contribution in [-0.2, 0) is 65.4 Å². The molecule has 0 heterocycles. The van der Waals surface area contributed by atoms with E-state index >= 15 is 0 Å². The molecule has 570 valence electrons. The van der Waals surface area contributed by atoms with Crippen LogP contribution in [0.15, 0.2) is 0 Å². The third-order valence-corrected chi connectivity index (χ3v) is 20.5. The van der Waals surface area contributed by atoms with E-state index in [2.05, 4.69) is 48.5 Å². The quantitative estimate of drug-likeness (QED) is 0.0222. The van der Waals surface area contributed by atoms with E-state index < -0.39 is 97.5 Å². The Morgan fingerprint density at radius 1 is 0.302 bits per heavy atom. The zero-order valence-electron chi connectivity index (χ0n) is 62.8. The summed E-state index contributed by atoms with van der Waals surface area (Å²) in [5.41, 5.74) is 0. The van der Waals surface area contributed by atoms with Gasteiger partial charge in [0.2, 0.25) is 0 Å². The SMILES string of the molecule is CCCCCCCCCCCC(=O)OC[C@H](COP(=O)(O)OC[C@H](O)COP(=O)(O)OC[C@@H](COC(=O)CCCCCCCCCCCCC(C)CC)OC(=O)CCCCCCCCCCCCCCCCCCCCC(C)C)OC(=O)CCCCCCCCCCC(C)CC. The fraction of sp³-hybridized carbons (Fsp3) is 0.948. The summed E-state index contributed by atoms with van der Waals surface area (Å²) >= 11 is 0. The molecule has 0 amide bonds. The van der Waals surface area contributed by atoms with Crippen molar-refractivity contribution in [2.45, 2.75) is 414 Å². The Hall–Kier alpha value is -1.94. The molecule has 17 nitrogen and oxygen atoms in total. The highest BCUT2D eigenvalue weighted by Crippen LogP contribution is 2.45. The van der Waals surface area contributed by atoms with Gasteiger partial charge >= 0.3 is 39.5 Å². The van der Waals surface area contributed by atoms with Crippen molar-refractivity contribution in [3.8, 4) is 0 Å². The Morgan fingerprint density at radius 3 is 0.792 bits per heavy atom. The average molecular weight is 1410 g/mol. The van der Waals surface area contributed by atoms with Crippen molar-refractivity contribution in [3.05, 3.63) is 0 Å². The predicted octanol–water partition coefficient (Wildman–Crippen LogP) is 22.6. The molecule has 0 bridgehead atoms. The van der Waals surface area contributed by atoms with Crippen molar-refractivity contribution in [1.82, 2.24) is 0 Å². The maximum Gasteiger partial charge on any atom is 0.472 e. The lowest BCUT2D eigenvalue weighted by Gasteiger charge is -2.21. The first-order valence-electron chi connectivity index (χ1n) is 39.9. The molecule has 0 radical (unpaired) electrons. The van der Waals surface area contributed by atoms with Crippen LogP contribution < -0.4 is 0 Å². The molecule has 0 aliphatic rings. The van der Waals surface area contributed by atoms with E-state index in [-0.39, 0.29) is 25.7 Å². The fourth-order valence-electron chi connectivity index (χ4n) is 11.7. The van der Waals surface area contributed by atoms with Crippen LogP contribution in [-0.4, -0.2) is 96.7 Å². The number of carbonyl (C=O) groups excluding carboxylic acids is 4. The predicted molar refractivity (Wildman–Crippen MR) is 391 cm³/mol. The minimum atomic E-state index is -4.96. The summed E-state index contributed by atoms with van der Waals surface area (Å²) in [6.07, 6.45) is 54.1. The first-order valence-corrected chi connectivity index (χ1v) is 42.9. The molecular weight excluding hydrogens is 1260 g/mol. The summed E-state index contributed by atoms with van der Waals surface area (Å²) in [5, 5.41) is 10.6. The van der Waals surface area contributed by atoms with Gasteiger partial charge in [-0.3, -0.25) is 37.3 Å². The van der Waals surface area contributed by atoms with Crippen LogP contribution in [0.5, 0.6) is 0 Å². The first-order chi connectivity index (χ1) is 46.3. The number of aliphatic hydroxyl groups excluding tert-OH is 1. The molecule has 0 rings (SSSR count). The van der Waals surface area contributed by atoms with Gasteiger partial charge in [-0.25, -0.2) is 9.13 Å². The summed E-state index contributed by atoms with van der Waals surface area (Å²) in [6.45, 7) is 11.9. The highest BCUT2D eigenvalue weighted by molar-refractivity contribution is 7.47. The number of phosphoric ester groups is 2. The molecule has 19 heteroatoms. The molecule has 0 aromatic rings. The Balaban J connectivity index is 5.21. The lowest BCUT2D eigenvalue weighted by atomic mass is 9.99. The molecule has 0 saturated carbocycles. The van der Waals surface area contributed by atoms with Crippen molar-refractivity contribution in [2.24, 2.45) is 17.8 Å². The number of hydrogen-bond acceptors (Lipinski definition) is 15. The molecule has 4 unspecified atom stereocenters. The minimum absolute atomic E-state index is 0.105. The Kier molecular flexibility index (Phi) is 66.2. The van der Waals surface area contributed by atoms with Gasteiger partial charge in [-0.2, -0.15) is 0 Å². The van der Waals surface area contributed by atoms with Gasteiger partial charge < -0.3 is 33.8 Å². The molecule has 0 aromatic carbocycles. The van der Waals surface area contributed by atoms with E-state index in [9.17, 15) is 43.2 Å². The topological polar surface area (TPSA) is 237 Å². The second-order valence-corrected chi connectivity index (χ2v) is 31.6. The third-order valence-electron chi connectivity index (χ3n) is 18.6. The second-order valence-electron chi connectivity index (χ2n) is 28.7. The van der Waals surface area contributed by atoms with Crippen molar-refractivity contribution in [2.75, 3.05) is 39.6 Å². The van der Waals surface area contributed by atoms with Crippen molar-refractivity contribution < 1.29 is 80.2 Å². The number of unbranched alkanes of at least 4 members (excludes halogenated alkanes) is 41. The molecule has 0 spiro atoms. The van der Waals surface area contributed by atoms with Gasteiger partial charge in [0.1, 0.15) is 19.3 Å². The largest absolute Gasteiger partial charge is 0.472 e. The normalized spacial score (nSPS) is 14.6. The van der Waals surface area contributed by atoms with Crippen LogP contribution in [0.25, 0.3) is 0 Å². The molecule has 0 aliphatic heterocycles. The number of phosphoric acid groups is 2. The van der Waals surface area contributed by atoms with Crippen LogP contribution in [0.1, 0.15) is 395 Å². The van der Waals surface area contributed by atoms with Gasteiger partial charge in [0.15, 0.2) is 12.2 Å². The van der Waals surface area contributed by atoms with E-state index in [0.717, 1.165) is 108 Å². The zero-order chi connectivity index (χ0) is 70.9. The molecular formula is C77H150O17P2. The van der Waals surface area contributed by atoms with Gasteiger partial charge in [-0.15, -0.1) is 0 Å². The maximum absolute atomic E-state index is 13.1. The minimum Gasteiger partial charge on any atom is -0.462 e. The number of hydrogen-bond donors (Lipinski definition) is 3. The summed E-state index contributed by atoms with van der Waals surface area (Å²) in [6, 6.07) is 0. The Morgan fingerprint density at radius 2 is 0.531 bits per heavy atom. The van der Waals surface area contributed by atoms with Crippen LogP contribution in [0, 0.1) is 17.8 Å². The third kappa shape index (κ3) is 67.9. The number of aliphatic hydroxyl groups is 1. The first kappa shape index (κ1) is 94.1. The molecule has 7 atom stereocenters. The van der Waals surface area contributed by atoms with E-state index in [0.29, 0.717) is 25.7 Å². The van der Waals surface area contributed by atoms with Gasteiger partial charge in [0, 0.05) is 25.7 Å². The second kappa shape index (κ2) is 67.5. The lowest BCUT2D eigenvalue weighted by Crippen LogP contribution is -2.30. The maximum atomic E-state index is 13.1. The lowest BCUT2D eigenvalue weighted by molar-refractivity contribution is -0.161. The van der Waals surface area contributed by atoms with E-state index in [4.69, 9.17) is 37.0 Å². The Bertz CT molecular complexity index is 1870. The molecule has 3 N–H and O–H groups in total. The van der Waals surface area contributed by atoms with E-state index in [1.54, 1.807) is 0 Å². The number of ether oxygens (including phenoxy) is 4. The number of esters is 4. The van der Waals surface area contributed by atoms with E-state index in [1.807, 2.05) is 0 Å². The highest BCUT2D eigenvalue weighted by Gasteiger charge is 2.30. The zero-order valence-corrected chi connectivity index (χ0v) is 64.6.